The Labute approximate surface area is 72.4 Å². The van der Waals surface area contributed by atoms with Crippen LogP contribution in [-0.4, -0.2) is 22.7 Å². The molecule has 0 unspecified atom stereocenters. The Morgan fingerprint density at radius 2 is 2.25 bits per heavy atom. The molecule has 68 valence electrons. The Balaban J connectivity index is 2.24. The van der Waals surface area contributed by atoms with Gasteiger partial charge in [-0.3, -0.25) is 0 Å². The molecular formula is C8H15N3O. The van der Waals surface area contributed by atoms with E-state index in [0.717, 1.165) is 13.0 Å². The first-order chi connectivity index (χ1) is 5.68. The summed E-state index contributed by atoms with van der Waals surface area (Å²) in [5.41, 5.74) is 0. The first kappa shape index (κ1) is 9.19. The van der Waals surface area contributed by atoms with E-state index in [2.05, 4.69) is 29.3 Å². The molecule has 0 fully saturated rings. The predicted octanol–water partition coefficient (Wildman–Crippen LogP) is 0.919. The van der Waals surface area contributed by atoms with Crippen LogP contribution in [0.25, 0.3) is 0 Å². The van der Waals surface area contributed by atoms with Crippen LogP contribution in [0.2, 0.25) is 0 Å². The highest BCUT2D eigenvalue weighted by Crippen LogP contribution is 1.95. The van der Waals surface area contributed by atoms with E-state index in [1.807, 2.05) is 6.92 Å². The van der Waals surface area contributed by atoms with E-state index >= 15 is 0 Å². The van der Waals surface area contributed by atoms with Crippen LogP contribution in [0, 0.1) is 6.92 Å². The highest BCUT2D eigenvalue weighted by atomic mass is 16.5. The Morgan fingerprint density at radius 3 is 2.75 bits per heavy atom. The van der Waals surface area contributed by atoms with E-state index in [9.17, 15) is 0 Å². The number of nitrogens with one attached hydrogen (secondary N) is 1. The molecule has 1 heterocycles. The minimum atomic E-state index is 0.508. The molecule has 0 atom stereocenters. The molecule has 0 aliphatic rings. The Bertz CT molecular complexity index is 232. The third-order valence-electron chi connectivity index (χ3n) is 1.46. The van der Waals surface area contributed by atoms with Gasteiger partial charge in [-0.1, -0.05) is 19.0 Å². The van der Waals surface area contributed by atoms with E-state index in [1.54, 1.807) is 0 Å². The van der Waals surface area contributed by atoms with Gasteiger partial charge in [0.15, 0.2) is 5.82 Å². The fourth-order valence-corrected chi connectivity index (χ4v) is 0.909. The van der Waals surface area contributed by atoms with Gasteiger partial charge in [0.2, 0.25) is 5.89 Å². The summed E-state index contributed by atoms with van der Waals surface area (Å²) in [4.78, 5) is 4.09. The van der Waals surface area contributed by atoms with Crippen LogP contribution in [-0.2, 0) is 6.42 Å². The second-order valence-electron chi connectivity index (χ2n) is 3.09. The maximum atomic E-state index is 4.94. The summed E-state index contributed by atoms with van der Waals surface area (Å²) in [5, 5.41) is 6.98. The normalized spacial score (nSPS) is 11.0. The van der Waals surface area contributed by atoms with Crippen molar-refractivity contribution in [2.75, 3.05) is 6.54 Å². The molecule has 0 bridgehead atoms. The lowest BCUT2D eigenvalue weighted by atomic mass is 10.3. The zero-order valence-corrected chi connectivity index (χ0v) is 7.79. The average molecular weight is 169 g/mol. The van der Waals surface area contributed by atoms with Crippen LogP contribution >= 0.6 is 0 Å². The maximum absolute atomic E-state index is 4.94. The molecular weight excluding hydrogens is 154 g/mol. The van der Waals surface area contributed by atoms with E-state index in [4.69, 9.17) is 4.52 Å². The van der Waals surface area contributed by atoms with Crippen molar-refractivity contribution in [1.29, 1.82) is 0 Å². The highest BCUT2D eigenvalue weighted by Gasteiger charge is 2.01. The molecule has 0 saturated heterocycles. The van der Waals surface area contributed by atoms with E-state index in [1.165, 1.54) is 0 Å². The van der Waals surface area contributed by atoms with Crippen molar-refractivity contribution in [3.05, 3.63) is 11.7 Å². The van der Waals surface area contributed by atoms with Crippen molar-refractivity contribution in [3.63, 3.8) is 0 Å². The molecule has 0 saturated carbocycles. The maximum Gasteiger partial charge on any atom is 0.227 e. The molecule has 1 aromatic rings. The molecule has 0 spiro atoms. The standard InChI is InChI=1S/C8H15N3O/c1-6(2)9-5-4-8-10-7(3)11-12-8/h6,9H,4-5H2,1-3H3. The minimum Gasteiger partial charge on any atom is -0.339 e. The highest BCUT2D eigenvalue weighted by molar-refractivity contribution is 4.83. The lowest BCUT2D eigenvalue weighted by Gasteiger charge is -2.04. The van der Waals surface area contributed by atoms with Crippen molar-refractivity contribution in [2.45, 2.75) is 33.2 Å². The van der Waals surface area contributed by atoms with Gasteiger partial charge in [0.1, 0.15) is 0 Å². The first-order valence-corrected chi connectivity index (χ1v) is 4.21. The molecule has 4 heteroatoms. The second kappa shape index (κ2) is 4.21. The molecule has 0 aliphatic carbocycles. The van der Waals surface area contributed by atoms with E-state index < -0.39 is 0 Å². The summed E-state index contributed by atoms with van der Waals surface area (Å²) in [6, 6.07) is 0.508. The van der Waals surface area contributed by atoms with E-state index in [-0.39, 0.29) is 0 Å². The second-order valence-corrected chi connectivity index (χ2v) is 3.09. The molecule has 0 amide bonds. The lowest BCUT2D eigenvalue weighted by Crippen LogP contribution is -2.25. The van der Waals surface area contributed by atoms with Gasteiger partial charge in [0.05, 0.1) is 0 Å². The molecule has 4 nitrogen and oxygen atoms in total. The van der Waals surface area contributed by atoms with Gasteiger partial charge in [0.25, 0.3) is 0 Å². The van der Waals surface area contributed by atoms with Gasteiger partial charge in [0, 0.05) is 19.0 Å². The molecule has 12 heavy (non-hydrogen) atoms. The summed E-state index contributed by atoms with van der Waals surface area (Å²) < 4.78 is 4.94. The van der Waals surface area contributed by atoms with Crippen molar-refractivity contribution in [3.8, 4) is 0 Å². The molecule has 0 aromatic carbocycles. The van der Waals surface area contributed by atoms with Gasteiger partial charge in [-0.25, -0.2) is 0 Å². The fraction of sp³-hybridized carbons (Fsp3) is 0.750. The van der Waals surface area contributed by atoms with Crippen LogP contribution in [0.5, 0.6) is 0 Å². The van der Waals surface area contributed by atoms with Crippen LogP contribution in [0.4, 0.5) is 0 Å². The number of rotatable bonds is 4. The van der Waals surface area contributed by atoms with Crippen LogP contribution in [0.1, 0.15) is 25.6 Å². The summed E-state index contributed by atoms with van der Waals surface area (Å²) in [5.74, 6) is 1.41. The number of hydrogen-bond donors (Lipinski definition) is 1. The monoisotopic (exact) mass is 169 g/mol. The van der Waals surface area contributed by atoms with Gasteiger partial charge < -0.3 is 9.84 Å². The van der Waals surface area contributed by atoms with Gasteiger partial charge in [-0.05, 0) is 6.92 Å². The van der Waals surface area contributed by atoms with Gasteiger partial charge >= 0.3 is 0 Å². The number of aryl methyl sites for hydroxylation is 1. The summed E-state index contributed by atoms with van der Waals surface area (Å²) >= 11 is 0. The van der Waals surface area contributed by atoms with Crippen molar-refractivity contribution < 1.29 is 4.52 Å². The molecule has 1 rings (SSSR count). The first-order valence-electron chi connectivity index (χ1n) is 4.21. The minimum absolute atomic E-state index is 0.508. The third-order valence-corrected chi connectivity index (χ3v) is 1.46. The van der Waals surface area contributed by atoms with Gasteiger partial charge in [-0.2, -0.15) is 4.98 Å². The predicted molar refractivity (Wildman–Crippen MR) is 45.9 cm³/mol. The number of hydrogen-bond acceptors (Lipinski definition) is 4. The average Bonchev–Trinajstić information content (AvgIpc) is 2.35. The Hall–Kier alpha value is -0.900. The van der Waals surface area contributed by atoms with Crippen LogP contribution in [0.15, 0.2) is 4.52 Å². The lowest BCUT2D eigenvalue weighted by molar-refractivity contribution is 0.370. The van der Waals surface area contributed by atoms with E-state index in [0.29, 0.717) is 17.8 Å². The smallest absolute Gasteiger partial charge is 0.227 e. The molecule has 1 N–H and O–H groups in total. The quantitative estimate of drug-likeness (QED) is 0.728. The Morgan fingerprint density at radius 1 is 1.50 bits per heavy atom. The third kappa shape index (κ3) is 3.00. The van der Waals surface area contributed by atoms with Crippen LogP contribution in [0.3, 0.4) is 0 Å². The molecule has 0 aliphatic heterocycles. The largest absolute Gasteiger partial charge is 0.339 e. The molecule has 0 radical (unpaired) electrons. The molecule has 1 aromatic heterocycles. The SMILES string of the molecule is Cc1noc(CCNC(C)C)n1. The topological polar surface area (TPSA) is 51.0 Å². The van der Waals surface area contributed by atoms with Crippen molar-refractivity contribution in [2.24, 2.45) is 0 Å². The summed E-state index contributed by atoms with van der Waals surface area (Å²) in [6.07, 6.45) is 0.805. The summed E-state index contributed by atoms with van der Waals surface area (Å²) in [6.45, 7) is 6.93. The Kier molecular flexibility index (Phi) is 3.22. The summed E-state index contributed by atoms with van der Waals surface area (Å²) in [7, 11) is 0. The van der Waals surface area contributed by atoms with Crippen molar-refractivity contribution >= 4 is 0 Å². The van der Waals surface area contributed by atoms with Crippen molar-refractivity contribution in [1.82, 2.24) is 15.5 Å². The van der Waals surface area contributed by atoms with Crippen LogP contribution < -0.4 is 5.32 Å². The fourth-order valence-electron chi connectivity index (χ4n) is 0.909. The zero-order chi connectivity index (χ0) is 8.97. The number of aromatic nitrogens is 2. The van der Waals surface area contributed by atoms with Gasteiger partial charge in [-0.15, -0.1) is 0 Å². The number of nitrogens with zero attached hydrogens (tertiary/aromatic N) is 2. The zero-order valence-electron chi connectivity index (χ0n) is 7.79.